The molecular formula is C12H19NS. The van der Waals surface area contributed by atoms with Gasteiger partial charge in [-0.1, -0.05) is 24.3 Å². The lowest BCUT2D eigenvalue weighted by Crippen LogP contribution is -2.23. The van der Waals surface area contributed by atoms with Crippen LogP contribution in [0.2, 0.25) is 0 Å². The highest BCUT2D eigenvalue weighted by Crippen LogP contribution is 2.07. The van der Waals surface area contributed by atoms with Gasteiger partial charge >= 0.3 is 0 Å². The Balaban J connectivity index is 2.41. The summed E-state index contributed by atoms with van der Waals surface area (Å²) >= 11 is 4.22. The van der Waals surface area contributed by atoms with Gasteiger partial charge in [0.05, 0.1) is 0 Å². The molecule has 0 saturated heterocycles. The van der Waals surface area contributed by atoms with E-state index in [1.54, 1.807) is 0 Å². The van der Waals surface area contributed by atoms with Gasteiger partial charge in [0, 0.05) is 18.8 Å². The smallest absolute Gasteiger partial charge is 0.00669 e. The summed E-state index contributed by atoms with van der Waals surface area (Å²) in [7, 11) is 2.15. The van der Waals surface area contributed by atoms with Crippen molar-refractivity contribution in [3.05, 3.63) is 35.4 Å². The molecule has 0 amide bonds. The number of rotatable bonds is 5. The molecule has 1 aromatic rings. The molecule has 0 aromatic heterocycles. The van der Waals surface area contributed by atoms with Crippen molar-refractivity contribution in [3.8, 4) is 0 Å². The van der Waals surface area contributed by atoms with E-state index in [1.807, 2.05) is 0 Å². The van der Waals surface area contributed by atoms with Crippen molar-refractivity contribution in [1.29, 1.82) is 0 Å². The van der Waals surface area contributed by atoms with E-state index in [4.69, 9.17) is 0 Å². The van der Waals surface area contributed by atoms with Crippen LogP contribution >= 0.6 is 12.6 Å². The van der Waals surface area contributed by atoms with Crippen molar-refractivity contribution in [3.63, 3.8) is 0 Å². The third-order valence-electron chi connectivity index (χ3n) is 2.51. The zero-order valence-corrected chi connectivity index (χ0v) is 9.93. The first-order chi connectivity index (χ1) is 6.74. The highest BCUT2D eigenvalue weighted by Gasteiger charge is 1.99. The molecule has 0 aliphatic carbocycles. The molecule has 1 aromatic carbocycles. The van der Waals surface area contributed by atoms with E-state index in [2.05, 4.69) is 55.8 Å². The number of thiol groups is 1. The van der Waals surface area contributed by atoms with Crippen molar-refractivity contribution < 1.29 is 0 Å². The van der Waals surface area contributed by atoms with Gasteiger partial charge in [-0.15, -0.1) is 0 Å². The van der Waals surface area contributed by atoms with Gasteiger partial charge < -0.3 is 4.90 Å². The lowest BCUT2D eigenvalue weighted by atomic mass is 10.1. The molecule has 0 radical (unpaired) electrons. The largest absolute Gasteiger partial charge is 0.305 e. The second-order valence-electron chi connectivity index (χ2n) is 3.70. The van der Waals surface area contributed by atoms with Gasteiger partial charge in [-0.2, -0.15) is 12.6 Å². The van der Waals surface area contributed by atoms with Gasteiger partial charge in [-0.25, -0.2) is 0 Å². The van der Waals surface area contributed by atoms with E-state index < -0.39 is 0 Å². The first-order valence-corrected chi connectivity index (χ1v) is 5.71. The highest BCUT2D eigenvalue weighted by atomic mass is 32.1. The summed E-state index contributed by atoms with van der Waals surface area (Å²) in [5, 5.41) is 0. The summed E-state index contributed by atoms with van der Waals surface area (Å²) < 4.78 is 0. The molecule has 0 atom stereocenters. The normalized spacial score (nSPS) is 10.9. The maximum absolute atomic E-state index is 4.22. The third-order valence-corrected chi connectivity index (χ3v) is 2.71. The van der Waals surface area contributed by atoms with Gasteiger partial charge in [-0.05, 0) is 31.5 Å². The fraction of sp³-hybridized carbons (Fsp3) is 0.500. The van der Waals surface area contributed by atoms with Gasteiger partial charge in [-0.3, -0.25) is 0 Å². The van der Waals surface area contributed by atoms with Crippen molar-refractivity contribution >= 4 is 12.6 Å². The SMILES string of the molecule is Cc1ccccc1CCN(C)CCS. The van der Waals surface area contributed by atoms with E-state index in [-0.39, 0.29) is 0 Å². The average Bonchev–Trinajstić information content (AvgIpc) is 2.17. The summed E-state index contributed by atoms with van der Waals surface area (Å²) in [4.78, 5) is 2.32. The van der Waals surface area contributed by atoms with Crippen LogP contribution in [0.4, 0.5) is 0 Å². The zero-order chi connectivity index (χ0) is 10.4. The van der Waals surface area contributed by atoms with Crippen molar-refractivity contribution in [1.82, 2.24) is 4.90 Å². The van der Waals surface area contributed by atoms with E-state index in [0.29, 0.717) is 0 Å². The van der Waals surface area contributed by atoms with E-state index in [9.17, 15) is 0 Å². The minimum Gasteiger partial charge on any atom is -0.305 e. The molecule has 0 fully saturated rings. The second kappa shape index (κ2) is 6.10. The van der Waals surface area contributed by atoms with Crippen molar-refractivity contribution in [2.45, 2.75) is 13.3 Å². The molecule has 0 aliphatic heterocycles. The molecule has 0 unspecified atom stereocenters. The topological polar surface area (TPSA) is 3.24 Å². The first-order valence-electron chi connectivity index (χ1n) is 5.08. The average molecular weight is 209 g/mol. The van der Waals surface area contributed by atoms with Crippen molar-refractivity contribution in [2.24, 2.45) is 0 Å². The number of hydrogen-bond donors (Lipinski definition) is 1. The monoisotopic (exact) mass is 209 g/mol. The number of aryl methyl sites for hydroxylation is 1. The molecule has 0 spiro atoms. The lowest BCUT2D eigenvalue weighted by molar-refractivity contribution is 0.360. The van der Waals surface area contributed by atoms with Crippen LogP contribution in [0.15, 0.2) is 24.3 Å². The Kier molecular flexibility index (Phi) is 5.05. The summed E-state index contributed by atoms with van der Waals surface area (Å²) in [6.45, 7) is 4.36. The van der Waals surface area contributed by atoms with Gasteiger partial charge in [0.2, 0.25) is 0 Å². The number of hydrogen-bond acceptors (Lipinski definition) is 2. The summed E-state index contributed by atoms with van der Waals surface area (Å²) in [5.41, 5.74) is 2.85. The third kappa shape index (κ3) is 3.72. The predicted octanol–water partition coefficient (Wildman–Crippen LogP) is 2.40. The first kappa shape index (κ1) is 11.6. The molecule has 78 valence electrons. The Morgan fingerprint density at radius 1 is 1.21 bits per heavy atom. The predicted molar refractivity (Wildman–Crippen MR) is 66.2 cm³/mol. The quantitative estimate of drug-likeness (QED) is 0.729. The Labute approximate surface area is 92.5 Å². The molecule has 0 N–H and O–H groups in total. The number of nitrogens with zero attached hydrogens (tertiary/aromatic N) is 1. The van der Waals surface area contributed by atoms with Crippen LogP contribution in [0.25, 0.3) is 0 Å². The van der Waals surface area contributed by atoms with Crippen LogP contribution in [-0.2, 0) is 6.42 Å². The Hall–Kier alpha value is -0.470. The maximum atomic E-state index is 4.22. The molecule has 14 heavy (non-hydrogen) atoms. The van der Waals surface area contributed by atoms with Crippen LogP contribution in [0.1, 0.15) is 11.1 Å². The lowest BCUT2D eigenvalue weighted by Gasteiger charge is -2.15. The zero-order valence-electron chi connectivity index (χ0n) is 9.03. The molecule has 1 rings (SSSR count). The molecular weight excluding hydrogens is 190 g/mol. The van der Waals surface area contributed by atoms with Crippen LogP contribution < -0.4 is 0 Å². The highest BCUT2D eigenvalue weighted by molar-refractivity contribution is 7.80. The molecule has 1 nitrogen and oxygen atoms in total. The maximum Gasteiger partial charge on any atom is 0.00669 e. The number of likely N-dealkylation sites (N-methyl/N-ethyl adjacent to an activating group) is 1. The summed E-state index contributed by atoms with van der Waals surface area (Å²) in [6.07, 6.45) is 1.14. The van der Waals surface area contributed by atoms with E-state index in [0.717, 1.165) is 25.3 Å². The molecule has 0 bridgehead atoms. The molecule has 2 heteroatoms. The second-order valence-corrected chi connectivity index (χ2v) is 4.15. The molecule has 0 saturated carbocycles. The minimum atomic E-state index is 0.935. The van der Waals surface area contributed by atoms with Crippen LogP contribution in [0, 0.1) is 6.92 Å². The van der Waals surface area contributed by atoms with Crippen LogP contribution in [0.3, 0.4) is 0 Å². The fourth-order valence-electron chi connectivity index (χ4n) is 1.48. The number of benzene rings is 1. The van der Waals surface area contributed by atoms with Crippen molar-refractivity contribution in [2.75, 3.05) is 25.9 Å². The summed E-state index contributed by atoms with van der Waals surface area (Å²) in [6, 6.07) is 8.59. The van der Waals surface area contributed by atoms with E-state index >= 15 is 0 Å². The van der Waals surface area contributed by atoms with Gasteiger partial charge in [0.1, 0.15) is 0 Å². The van der Waals surface area contributed by atoms with Crippen LogP contribution in [0.5, 0.6) is 0 Å². The minimum absolute atomic E-state index is 0.935. The molecule has 0 heterocycles. The van der Waals surface area contributed by atoms with Gasteiger partial charge in [0.15, 0.2) is 0 Å². The Morgan fingerprint density at radius 2 is 1.93 bits per heavy atom. The Morgan fingerprint density at radius 3 is 2.57 bits per heavy atom. The van der Waals surface area contributed by atoms with E-state index in [1.165, 1.54) is 11.1 Å². The van der Waals surface area contributed by atoms with Crippen LogP contribution in [-0.4, -0.2) is 30.8 Å². The Bertz CT molecular complexity index is 273. The molecule has 0 aliphatic rings. The fourth-order valence-corrected chi connectivity index (χ4v) is 1.83. The van der Waals surface area contributed by atoms with Gasteiger partial charge in [0.25, 0.3) is 0 Å². The standard InChI is InChI=1S/C12H19NS/c1-11-5-3-4-6-12(11)7-8-13(2)9-10-14/h3-6,14H,7-10H2,1-2H3. The summed E-state index contributed by atoms with van der Waals surface area (Å²) in [5.74, 6) is 0.935.